The molecule has 0 spiro atoms. The van der Waals surface area contributed by atoms with Crippen LogP contribution in [0.2, 0.25) is 0 Å². The van der Waals surface area contributed by atoms with Gasteiger partial charge in [0.05, 0.1) is 11.9 Å². The van der Waals surface area contributed by atoms with E-state index in [0.29, 0.717) is 20.8 Å². The van der Waals surface area contributed by atoms with Gasteiger partial charge in [0.2, 0.25) is 0 Å². The van der Waals surface area contributed by atoms with Crippen molar-refractivity contribution in [2.45, 2.75) is 27.2 Å². The predicted octanol–water partition coefficient (Wildman–Crippen LogP) is 3.40. The zero-order valence-corrected chi connectivity index (χ0v) is 15.8. The first-order valence-electron chi connectivity index (χ1n) is 7.31. The van der Waals surface area contributed by atoms with Gasteiger partial charge < -0.3 is 4.84 Å². The number of benzene rings is 1. The molecule has 24 heavy (non-hydrogen) atoms. The highest BCUT2D eigenvalue weighted by molar-refractivity contribution is 9.10. The number of hydrogen-bond acceptors (Lipinski definition) is 5. The summed E-state index contributed by atoms with van der Waals surface area (Å²) in [5.41, 5.74) is 0.475. The number of aromatic nitrogens is 3. The first-order valence-corrected chi connectivity index (χ1v) is 8.98. The third kappa shape index (κ3) is 3.29. The molecule has 0 amide bonds. The number of para-hydroxylation sites is 2. The molecule has 2 heterocycles. The quantitative estimate of drug-likeness (QED) is 0.664. The lowest BCUT2D eigenvalue weighted by molar-refractivity contribution is -0.146. The van der Waals surface area contributed by atoms with Gasteiger partial charge in [0.1, 0.15) is 10.1 Å². The number of carbonyl (C=O) groups excluding carboxylic acids is 1. The smallest absolute Gasteiger partial charge is 0.332 e. The SMILES string of the molecule is CC(C)(C)CC(=O)On1c(=O)n(-c2nc(Br)cs2)c2ccccc21. The fourth-order valence-electron chi connectivity index (χ4n) is 2.31. The molecule has 3 aromatic rings. The molecule has 1 aromatic carbocycles. The van der Waals surface area contributed by atoms with E-state index in [1.807, 2.05) is 26.8 Å². The summed E-state index contributed by atoms with van der Waals surface area (Å²) in [4.78, 5) is 34.6. The molecular weight excluding hydrogens is 394 g/mol. The van der Waals surface area contributed by atoms with Crippen LogP contribution < -0.4 is 10.5 Å². The van der Waals surface area contributed by atoms with E-state index in [-0.39, 0.29) is 11.8 Å². The summed E-state index contributed by atoms with van der Waals surface area (Å²) >= 11 is 4.61. The van der Waals surface area contributed by atoms with E-state index < -0.39 is 11.7 Å². The number of hydrogen-bond donors (Lipinski definition) is 0. The third-order valence-corrected chi connectivity index (χ3v) is 4.76. The van der Waals surface area contributed by atoms with Crippen molar-refractivity contribution in [2.75, 3.05) is 0 Å². The Morgan fingerprint density at radius 1 is 1.29 bits per heavy atom. The lowest BCUT2D eigenvalue weighted by atomic mass is 9.93. The molecule has 0 radical (unpaired) electrons. The van der Waals surface area contributed by atoms with Gasteiger partial charge >= 0.3 is 11.7 Å². The first kappa shape index (κ1) is 16.9. The Labute approximate surface area is 150 Å². The van der Waals surface area contributed by atoms with Crippen molar-refractivity contribution >= 4 is 44.3 Å². The number of carbonyl (C=O) groups is 1. The molecule has 8 heteroatoms. The zero-order chi connectivity index (χ0) is 17.5. The monoisotopic (exact) mass is 409 g/mol. The minimum atomic E-state index is -0.458. The lowest BCUT2D eigenvalue weighted by Crippen LogP contribution is -2.33. The van der Waals surface area contributed by atoms with Gasteiger partial charge in [-0.05, 0) is 33.5 Å². The Balaban J connectivity index is 2.11. The predicted molar refractivity (Wildman–Crippen MR) is 96.6 cm³/mol. The average molecular weight is 410 g/mol. The van der Waals surface area contributed by atoms with Gasteiger partial charge in [-0.1, -0.05) is 32.9 Å². The number of imidazole rings is 1. The molecule has 6 nitrogen and oxygen atoms in total. The normalized spacial score (nSPS) is 11.8. The highest BCUT2D eigenvalue weighted by Crippen LogP contribution is 2.23. The number of thiazole rings is 1. The number of halogens is 1. The van der Waals surface area contributed by atoms with Gasteiger partial charge in [0, 0.05) is 5.38 Å². The average Bonchev–Trinajstić information content (AvgIpc) is 3.00. The molecule has 0 atom stereocenters. The van der Waals surface area contributed by atoms with Crippen LogP contribution in [0.25, 0.3) is 16.2 Å². The molecule has 0 unspecified atom stereocenters. The van der Waals surface area contributed by atoms with Crippen LogP contribution in [0.3, 0.4) is 0 Å². The maximum atomic E-state index is 12.8. The van der Waals surface area contributed by atoms with Gasteiger partial charge in [-0.3, -0.25) is 0 Å². The fourth-order valence-corrected chi connectivity index (χ4v) is 3.56. The van der Waals surface area contributed by atoms with Crippen LogP contribution in [0.1, 0.15) is 27.2 Å². The van der Waals surface area contributed by atoms with E-state index in [0.717, 1.165) is 4.73 Å². The van der Waals surface area contributed by atoms with E-state index in [1.54, 1.807) is 23.6 Å². The topological polar surface area (TPSA) is 66.1 Å². The van der Waals surface area contributed by atoms with Gasteiger partial charge in [-0.25, -0.2) is 19.1 Å². The van der Waals surface area contributed by atoms with Crippen molar-refractivity contribution in [3.05, 3.63) is 44.7 Å². The standard InChI is InChI=1S/C16H16BrN3O3S/c1-16(2,3)8-13(21)23-20-11-7-5-4-6-10(11)19(15(20)22)14-18-12(17)9-24-14/h4-7,9H,8H2,1-3H3. The van der Waals surface area contributed by atoms with E-state index in [9.17, 15) is 9.59 Å². The second kappa shape index (κ2) is 6.18. The highest BCUT2D eigenvalue weighted by Gasteiger charge is 2.22. The molecule has 126 valence electrons. The molecule has 0 aliphatic rings. The van der Waals surface area contributed by atoms with E-state index in [2.05, 4.69) is 20.9 Å². The van der Waals surface area contributed by atoms with Crippen LogP contribution >= 0.6 is 27.3 Å². The number of nitrogens with zero attached hydrogens (tertiary/aromatic N) is 3. The maximum Gasteiger partial charge on any atom is 0.369 e. The van der Waals surface area contributed by atoms with Crippen molar-refractivity contribution in [1.29, 1.82) is 0 Å². The van der Waals surface area contributed by atoms with Gasteiger partial charge in [0.15, 0.2) is 5.13 Å². The summed E-state index contributed by atoms with van der Waals surface area (Å²) in [5, 5.41) is 2.30. The number of fused-ring (bicyclic) bond motifs is 1. The molecule has 0 N–H and O–H groups in total. The second-order valence-electron chi connectivity index (χ2n) is 6.55. The van der Waals surface area contributed by atoms with Crippen molar-refractivity contribution < 1.29 is 9.63 Å². The molecule has 0 aliphatic carbocycles. The van der Waals surface area contributed by atoms with Crippen LogP contribution in [0, 0.1) is 5.41 Å². The second-order valence-corrected chi connectivity index (χ2v) is 8.20. The van der Waals surface area contributed by atoms with Gasteiger partial charge in [0.25, 0.3) is 0 Å². The Kier molecular flexibility index (Phi) is 4.35. The fraction of sp³-hybridized carbons (Fsp3) is 0.312. The van der Waals surface area contributed by atoms with Crippen molar-refractivity contribution in [2.24, 2.45) is 5.41 Å². The lowest BCUT2D eigenvalue weighted by Gasteiger charge is -2.16. The Bertz CT molecular complexity index is 965. The van der Waals surface area contributed by atoms with Crippen molar-refractivity contribution in [3.8, 4) is 5.13 Å². The summed E-state index contributed by atoms with van der Waals surface area (Å²) in [6, 6.07) is 7.14. The van der Waals surface area contributed by atoms with Crippen molar-refractivity contribution in [1.82, 2.24) is 14.3 Å². The molecule has 0 saturated carbocycles. The summed E-state index contributed by atoms with van der Waals surface area (Å²) in [5.74, 6) is -0.451. The number of rotatable bonds is 3. The van der Waals surface area contributed by atoms with Gasteiger partial charge in [-0.2, -0.15) is 0 Å². The Morgan fingerprint density at radius 3 is 2.54 bits per heavy atom. The third-order valence-electron chi connectivity index (χ3n) is 3.23. The summed E-state index contributed by atoms with van der Waals surface area (Å²) in [6.07, 6.45) is 0.210. The van der Waals surface area contributed by atoms with Crippen LogP contribution in [0.4, 0.5) is 0 Å². The molecular formula is C16H16BrN3O3S. The molecule has 3 rings (SSSR count). The Hall–Kier alpha value is -1.93. The van der Waals surface area contributed by atoms with Gasteiger partial charge in [-0.15, -0.1) is 16.1 Å². The first-order chi connectivity index (χ1) is 11.3. The van der Waals surface area contributed by atoms with Crippen LogP contribution in [0.15, 0.2) is 39.0 Å². The molecule has 0 saturated heterocycles. The Morgan fingerprint density at radius 2 is 1.96 bits per heavy atom. The van der Waals surface area contributed by atoms with E-state index >= 15 is 0 Å². The summed E-state index contributed by atoms with van der Waals surface area (Å²) in [6.45, 7) is 5.81. The summed E-state index contributed by atoms with van der Waals surface area (Å²) < 4.78 is 3.13. The largest absolute Gasteiger partial charge is 0.369 e. The minimum absolute atomic E-state index is 0.210. The zero-order valence-electron chi connectivity index (χ0n) is 13.4. The van der Waals surface area contributed by atoms with Crippen molar-refractivity contribution in [3.63, 3.8) is 0 Å². The molecule has 2 aromatic heterocycles. The summed E-state index contributed by atoms with van der Waals surface area (Å²) in [7, 11) is 0. The minimum Gasteiger partial charge on any atom is -0.332 e. The highest BCUT2D eigenvalue weighted by atomic mass is 79.9. The molecule has 0 fully saturated rings. The van der Waals surface area contributed by atoms with Crippen LogP contribution in [0.5, 0.6) is 0 Å². The van der Waals surface area contributed by atoms with Crippen LogP contribution in [-0.2, 0) is 4.79 Å². The van der Waals surface area contributed by atoms with E-state index in [4.69, 9.17) is 4.84 Å². The van der Waals surface area contributed by atoms with Crippen LogP contribution in [-0.4, -0.2) is 20.3 Å². The molecule has 0 bridgehead atoms. The maximum absolute atomic E-state index is 12.8. The van der Waals surface area contributed by atoms with E-state index in [1.165, 1.54) is 15.9 Å². The molecule has 0 aliphatic heterocycles.